The molecule has 2 aliphatic rings. The molecule has 1 atom stereocenters. The summed E-state index contributed by atoms with van der Waals surface area (Å²) in [6.07, 6.45) is 0.831. The number of hydrogen-bond donors (Lipinski definition) is 2. The Balaban J connectivity index is 1.92. The van der Waals surface area contributed by atoms with Crippen LogP contribution in [0.4, 0.5) is 4.79 Å². The standard InChI is InChI=1S/C9H15NO4/c11-7-5-9(14-6-7)1-3-10(4-2-9)8(12)13/h7,11H,1-6H2,(H,12,13)/t7-/m0/s1. The van der Waals surface area contributed by atoms with Gasteiger partial charge in [0, 0.05) is 19.5 Å². The average molecular weight is 201 g/mol. The lowest BCUT2D eigenvalue weighted by Gasteiger charge is -2.37. The van der Waals surface area contributed by atoms with Gasteiger partial charge in [-0.25, -0.2) is 4.79 Å². The summed E-state index contributed by atoms with van der Waals surface area (Å²) >= 11 is 0. The summed E-state index contributed by atoms with van der Waals surface area (Å²) in [6.45, 7) is 1.43. The van der Waals surface area contributed by atoms with Crippen LogP contribution in [0.25, 0.3) is 0 Å². The van der Waals surface area contributed by atoms with Crippen LogP contribution in [-0.4, -0.2) is 52.6 Å². The number of aliphatic hydroxyl groups is 1. The molecule has 0 aromatic heterocycles. The average Bonchev–Trinajstić information content (AvgIpc) is 2.48. The number of likely N-dealkylation sites (tertiary alicyclic amines) is 1. The number of nitrogens with zero attached hydrogens (tertiary/aromatic N) is 1. The molecule has 2 rings (SSSR count). The van der Waals surface area contributed by atoms with Gasteiger partial charge in [0.25, 0.3) is 0 Å². The Morgan fingerprint density at radius 3 is 2.50 bits per heavy atom. The molecule has 0 aromatic rings. The summed E-state index contributed by atoms with van der Waals surface area (Å²) < 4.78 is 5.55. The molecule has 1 amide bonds. The zero-order valence-electron chi connectivity index (χ0n) is 7.98. The predicted octanol–water partition coefficient (Wildman–Crippen LogP) is 0.280. The largest absolute Gasteiger partial charge is 0.465 e. The summed E-state index contributed by atoms with van der Waals surface area (Å²) in [5.74, 6) is 0. The van der Waals surface area contributed by atoms with Crippen molar-refractivity contribution in [2.24, 2.45) is 0 Å². The van der Waals surface area contributed by atoms with Gasteiger partial charge in [0.1, 0.15) is 0 Å². The Hall–Kier alpha value is -0.810. The molecule has 80 valence electrons. The minimum Gasteiger partial charge on any atom is -0.465 e. The van der Waals surface area contributed by atoms with E-state index in [1.807, 2.05) is 0 Å². The van der Waals surface area contributed by atoms with Crippen LogP contribution in [0.2, 0.25) is 0 Å². The maximum Gasteiger partial charge on any atom is 0.407 e. The number of carbonyl (C=O) groups is 1. The number of hydrogen-bond acceptors (Lipinski definition) is 3. The first-order valence-electron chi connectivity index (χ1n) is 4.91. The Bertz CT molecular complexity index is 235. The molecule has 5 heteroatoms. The highest BCUT2D eigenvalue weighted by molar-refractivity contribution is 5.65. The number of rotatable bonds is 0. The van der Waals surface area contributed by atoms with Crippen LogP contribution < -0.4 is 0 Å². The maximum atomic E-state index is 10.7. The van der Waals surface area contributed by atoms with E-state index in [1.165, 1.54) is 4.90 Å². The third kappa shape index (κ3) is 1.69. The van der Waals surface area contributed by atoms with E-state index in [2.05, 4.69) is 0 Å². The summed E-state index contributed by atoms with van der Waals surface area (Å²) in [4.78, 5) is 12.1. The van der Waals surface area contributed by atoms with E-state index in [9.17, 15) is 9.90 Å². The minimum atomic E-state index is -0.863. The highest BCUT2D eigenvalue weighted by Gasteiger charge is 2.42. The van der Waals surface area contributed by atoms with E-state index < -0.39 is 6.09 Å². The highest BCUT2D eigenvalue weighted by atomic mass is 16.5. The second kappa shape index (κ2) is 3.40. The monoisotopic (exact) mass is 201 g/mol. The third-order valence-corrected chi connectivity index (χ3v) is 3.13. The van der Waals surface area contributed by atoms with Gasteiger partial charge >= 0.3 is 6.09 Å². The highest BCUT2D eigenvalue weighted by Crippen LogP contribution is 2.35. The Morgan fingerprint density at radius 2 is 2.07 bits per heavy atom. The van der Waals surface area contributed by atoms with E-state index in [-0.39, 0.29) is 11.7 Å². The SMILES string of the molecule is O=C(O)N1CCC2(CC1)C[C@H](O)CO2. The molecular weight excluding hydrogens is 186 g/mol. The van der Waals surface area contributed by atoms with Crippen molar-refractivity contribution in [3.8, 4) is 0 Å². The second-order valence-corrected chi connectivity index (χ2v) is 4.12. The molecule has 14 heavy (non-hydrogen) atoms. The molecule has 5 nitrogen and oxygen atoms in total. The van der Waals surface area contributed by atoms with Crippen LogP contribution in [0.15, 0.2) is 0 Å². The van der Waals surface area contributed by atoms with Crippen molar-refractivity contribution < 1.29 is 19.7 Å². The van der Waals surface area contributed by atoms with Crippen molar-refractivity contribution in [3.63, 3.8) is 0 Å². The molecule has 0 aromatic carbocycles. The number of carboxylic acid groups (broad SMARTS) is 1. The van der Waals surface area contributed by atoms with E-state index in [0.717, 1.165) is 0 Å². The molecule has 0 bridgehead atoms. The van der Waals surface area contributed by atoms with Gasteiger partial charge in [-0.2, -0.15) is 0 Å². The maximum absolute atomic E-state index is 10.7. The zero-order chi connectivity index (χ0) is 10.2. The van der Waals surface area contributed by atoms with E-state index >= 15 is 0 Å². The van der Waals surface area contributed by atoms with Gasteiger partial charge in [0.2, 0.25) is 0 Å². The zero-order valence-corrected chi connectivity index (χ0v) is 7.98. The lowest BCUT2D eigenvalue weighted by Crippen LogP contribution is -2.46. The van der Waals surface area contributed by atoms with Gasteiger partial charge in [0.15, 0.2) is 0 Å². The second-order valence-electron chi connectivity index (χ2n) is 4.12. The molecule has 2 N–H and O–H groups in total. The molecule has 0 aliphatic carbocycles. The summed E-state index contributed by atoms with van der Waals surface area (Å²) in [5, 5.41) is 18.1. The fraction of sp³-hybridized carbons (Fsp3) is 0.889. The van der Waals surface area contributed by atoms with Crippen molar-refractivity contribution in [1.29, 1.82) is 0 Å². The lowest BCUT2D eigenvalue weighted by atomic mass is 9.88. The van der Waals surface area contributed by atoms with Crippen molar-refractivity contribution in [3.05, 3.63) is 0 Å². The fourth-order valence-electron chi connectivity index (χ4n) is 2.27. The van der Waals surface area contributed by atoms with Gasteiger partial charge in [-0.05, 0) is 12.8 Å². The molecular formula is C9H15NO4. The van der Waals surface area contributed by atoms with Gasteiger partial charge < -0.3 is 19.8 Å². The molecule has 0 saturated carbocycles. The summed E-state index contributed by atoms with van der Waals surface area (Å²) in [7, 11) is 0. The molecule has 2 saturated heterocycles. The fourth-order valence-corrected chi connectivity index (χ4v) is 2.27. The topological polar surface area (TPSA) is 70.0 Å². The summed E-state index contributed by atoms with van der Waals surface area (Å²) in [5.41, 5.74) is -0.245. The first kappa shape index (κ1) is 9.73. The van der Waals surface area contributed by atoms with Crippen LogP contribution in [0.3, 0.4) is 0 Å². The van der Waals surface area contributed by atoms with Gasteiger partial charge in [-0.15, -0.1) is 0 Å². The molecule has 1 spiro atoms. The quantitative estimate of drug-likeness (QED) is 0.590. The molecule has 2 heterocycles. The number of amides is 1. The van der Waals surface area contributed by atoms with Gasteiger partial charge in [-0.3, -0.25) is 0 Å². The first-order chi connectivity index (χ1) is 6.61. The Morgan fingerprint density at radius 1 is 1.43 bits per heavy atom. The molecule has 0 unspecified atom stereocenters. The van der Waals surface area contributed by atoms with E-state index in [1.54, 1.807) is 0 Å². The Kier molecular flexibility index (Phi) is 2.36. The first-order valence-corrected chi connectivity index (χ1v) is 4.91. The number of ether oxygens (including phenoxy) is 1. The van der Waals surface area contributed by atoms with Gasteiger partial charge in [-0.1, -0.05) is 0 Å². The van der Waals surface area contributed by atoms with E-state index in [0.29, 0.717) is 39.0 Å². The molecule has 0 radical (unpaired) electrons. The van der Waals surface area contributed by atoms with Crippen LogP contribution in [0.1, 0.15) is 19.3 Å². The van der Waals surface area contributed by atoms with Crippen LogP contribution >= 0.6 is 0 Å². The van der Waals surface area contributed by atoms with Crippen molar-refractivity contribution in [2.45, 2.75) is 31.0 Å². The van der Waals surface area contributed by atoms with Crippen molar-refractivity contribution in [2.75, 3.05) is 19.7 Å². The number of aliphatic hydroxyl groups excluding tert-OH is 1. The third-order valence-electron chi connectivity index (χ3n) is 3.13. The van der Waals surface area contributed by atoms with Crippen LogP contribution in [-0.2, 0) is 4.74 Å². The normalized spacial score (nSPS) is 30.9. The van der Waals surface area contributed by atoms with Crippen LogP contribution in [0.5, 0.6) is 0 Å². The predicted molar refractivity (Wildman–Crippen MR) is 48.1 cm³/mol. The Labute approximate surface area is 82.3 Å². The van der Waals surface area contributed by atoms with E-state index in [4.69, 9.17) is 9.84 Å². The molecule has 2 fully saturated rings. The summed E-state index contributed by atoms with van der Waals surface area (Å²) in [6, 6.07) is 0. The van der Waals surface area contributed by atoms with Crippen molar-refractivity contribution >= 4 is 6.09 Å². The van der Waals surface area contributed by atoms with Crippen molar-refractivity contribution in [1.82, 2.24) is 4.90 Å². The van der Waals surface area contributed by atoms with Gasteiger partial charge in [0.05, 0.1) is 18.3 Å². The lowest BCUT2D eigenvalue weighted by molar-refractivity contribution is -0.0403. The van der Waals surface area contributed by atoms with Crippen LogP contribution in [0, 0.1) is 0 Å². The number of piperidine rings is 1. The minimum absolute atomic E-state index is 0.245. The molecule has 2 aliphatic heterocycles. The smallest absolute Gasteiger partial charge is 0.407 e.